The first-order chi connectivity index (χ1) is 14.1. The number of aryl methyl sites for hydroxylation is 3. The number of fused-ring (bicyclic) bond motifs is 1. The van der Waals surface area contributed by atoms with Crippen LogP contribution < -0.4 is 5.32 Å². The highest BCUT2D eigenvalue weighted by Gasteiger charge is 2.09. The van der Waals surface area contributed by atoms with E-state index in [-0.39, 0.29) is 5.91 Å². The van der Waals surface area contributed by atoms with Gasteiger partial charge in [-0.2, -0.15) is 0 Å². The summed E-state index contributed by atoms with van der Waals surface area (Å²) in [5, 5.41) is 2.94. The molecule has 29 heavy (non-hydrogen) atoms. The molecule has 0 spiro atoms. The molecule has 0 saturated carbocycles. The number of hydrogen-bond donors (Lipinski definition) is 1. The number of rotatable bonds is 6. The second-order valence-corrected chi connectivity index (χ2v) is 7.83. The minimum Gasteiger partial charge on any atom is -0.328 e. The van der Waals surface area contributed by atoms with Crippen LogP contribution in [0.25, 0.3) is 11.0 Å². The Morgan fingerprint density at radius 1 is 0.966 bits per heavy atom. The lowest BCUT2D eigenvalue weighted by molar-refractivity contribution is 0.102. The molecule has 0 aliphatic rings. The van der Waals surface area contributed by atoms with Crippen LogP contribution >= 0.6 is 15.9 Å². The average Bonchev–Trinajstić information content (AvgIpc) is 3.11. The summed E-state index contributed by atoms with van der Waals surface area (Å²) in [6.45, 7) is 3.07. The number of aromatic nitrogens is 2. The van der Waals surface area contributed by atoms with E-state index in [1.165, 1.54) is 11.1 Å². The van der Waals surface area contributed by atoms with Crippen molar-refractivity contribution in [2.75, 3.05) is 5.32 Å². The SMILES string of the molecule is CCn1c(CCc2ccc(NC(=O)c3ccc(Br)cc3)cc2)nc2ccccc21. The van der Waals surface area contributed by atoms with Gasteiger partial charge in [0, 0.05) is 28.7 Å². The number of anilines is 1. The number of carbonyl (C=O) groups excluding carboxylic acids is 1. The van der Waals surface area contributed by atoms with Gasteiger partial charge in [0.15, 0.2) is 0 Å². The highest BCUT2D eigenvalue weighted by Crippen LogP contribution is 2.19. The summed E-state index contributed by atoms with van der Waals surface area (Å²) in [7, 11) is 0. The summed E-state index contributed by atoms with van der Waals surface area (Å²) in [5.41, 5.74) is 4.89. The van der Waals surface area contributed by atoms with Gasteiger partial charge >= 0.3 is 0 Å². The lowest BCUT2D eigenvalue weighted by atomic mass is 10.1. The van der Waals surface area contributed by atoms with Crippen LogP contribution in [-0.2, 0) is 19.4 Å². The molecule has 5 heteroatoms. The number of nitrogens with zero attached hydrogens (tertiary/aromatic N) is 2. The standard InChI is InChI=1S/C24H22BrN3O/c1-2-28-22-6-4-3-5-21(22)27-23(28)16-9-17-7-14-20(15-8-17)26-24(29)18-10-12-19(25)13-11-18/h3-8,10-15H,2,9,16H2,1H3,(H,26,29). The van der Waals surface area contributed by atoms with Crippen molar-refractivity contribution in [3.8, 4) is 0 Å². The van der Waals surface area contributed by atoms with Crippen molar-refractivity contribution in [3.05, 3.63) is 94.2 Å². The monoisotopic (exact) mass is 447 g/mol. The number of para-hydroxylation sites is 2. The third kappa shape index (κ3) is 4.40. The van der Waals surface area contributed by atoms with E-state index < -0.39 is 0 Å². The van der Waals surface area contributed by atoms with Gasteiger partial charge in [-0.05, 0) is 67.4 Å². The molecule has 1 heterocycles. The largest absolute Gasteiger partial charge is 0.328 e. The molecule has 1 N–H and O–H groups in total. The van der Waals surface area contributed by atoms with E-state index in [2.05, 4.69) is 63.1 Å². The quantitative estimate of drug-likeness (QED) is 0.402. The maximum absolute atomic E-state index is 12.3. The Morgan fingerprint density at radius 3 is 2.41 bits per heavy atom. The van der Waals surface area contributed by atoms with E-state index in [0.29, 0.717) is 5.56 Å². The Hall–Kier alpha value is -2.92. The van der Waals surface area contributed by atoms with E-state index in [1.807, 2.05) is 30.3 Å². The predicted molar refractivity (Wildman–Crippen MR) is 121 cm³/mol. The van der Waals surface area contributed by atoms with Crippen LogP contribution in [0.15, 0.2) is 77.3 Å². The molecule has 1 amide bonds. The summed E-state index contributed by atoms with van der Waals surface area (Å²) in [6.07, 6.45) is 1.79. The third-order valence-corrected chi connectivity index (χ3v) is 5.53. The number of benzene rings is 3. The fraction of sp³-hybridized carbons (Fsp3) is 0.167. The fourth-order valence-corrected chi connectivity index (χ4v) is 3.75. The maximum atomic E-state index is 12.3. The van der Waals surface area contributed by atoms with E-state index in [9.17, 15) is 4.79 Å². The number of amides is 1. The van der Waals surface area contributed by atoms with Crippen LogP contribution in [-0.4, -0.2) is 15.5 Å². The Morgan fingerprint density at radius 2 is 1.69 bits per heavy atom. The van der Waals surface area contributed by atoms with Gasteiger partial charge in [0.1, 0.15) is 5.82 Å². The fourth-order valence-electron chi connectivity index (χ4n) is 3.48. The molecule has 0 saturated heterocycles. The van der Waals surface area contributed by atoms with Crippen LogP contribution in [0, 0.1) is 0 Å². The Labute approximate surface area is 178 Å². The third-order valence-electron chi connectivity index (χ3n) is 5.01. The molecule has 4 nitrogen and oxygen atoms in total. The van der Waals surface area contributed by atoms with E-state index in [4.69, 9.17) is 4.98 Å². The Bertz CT molecular complexity index is 1130. The molecule has 146 valence electrons. The van der Waals surface area contributed by atoms with Crippen molar-refractivity contribution >= 4 is 38.6 Å². The minimum absolute atomic E-state index is 0.109. The van der Waals surface area contributed by atoms with Gasteiger partial charge in [-0.15, -0.1) is 0 Å². The molecule has 3 aromatic carbocycles. The Kier molecular flexibility index (Phi) is 5.76. The summed E-state index contributed by atoms with van der Waals surface area (Å²) in [5.74, 6) is 1.00. The summed E-state index contributed by atoms with van der Waals surface area (Å²) in [4.78, 5) is 17.1. The van der Waals surface area contributed by atoms with Gasteiger partial charge in [-0.1, -0.05) is 40.2 Å². The number of nitrogens with one attached hydrogen (secondary N) is 1. The number of hydrogen-bond acceptors (Lipinski definition) is 2. The van der Waals surface area contributed by atoms with Crippen LogP contribution in [0.3, 0.4) is 0 Å². The number of halogens is 1. The minimum atomic E-state index is -0.109. The van der Waals surface area contributed by atoms with Gasteiger partial charge < -0.3 is 9.88 Å². The lowest BCUT2D eigenvalue weighted by Crippen LogP contribution is -2.11. The van der Waals surface area contributed by atoms with Gasteiger partial charge in [-0.25, -0.2) is 4.98 Å². The molecule has 0 atom stereocenters. The molecule has 0 unspecified atom stereocenters. The molecule has 0 fully saturated rings. The number of carbonyl (C=O) groups is 1. The molecule has 4 rings (SSSR count). The van der Waals surface area contributed by atoms with Gasteiger partial charge in [0.2, 0.25) is 0 Å². The second kappa shape index (κ2) is 8.62. The highest BCUT2D eigenvalue weighted by atomic mass is 79.9. The molecule has 4 aromatic rings. The lowest BCUT2D eigenvalue weighted by Gasteiger charge is -2.08. The predicted octanol–water partition coefficient (Wildman–Crippen LogP) is 5.86. The van der Waals surface area contributed by atoms with Gasteiger partial charge in [0.25, 0.3) is 5.91 Å². The number of imidazole rings is 1. The summed E-state index contributed by atoms with van der Waals surface area (Å²) >= 11 is 3.38. The van der Waals surface area contributed by atoms with Crippen molar-refractivity contribution in [1.29, 1.82) is 0 Å². The summed E-state index contributed by atoms with van der Waals surface area (Å²) < 4.78 is 3.23. The molecule has 0 bridgehead atoms. The second-order valence-electron chi connectivity index (χ2n) is 6.92. The molecular weight excluding hydrogens is 426 g/mol. The van der Waals surface area contributed by atoms with E-state index >= 15 is 0 Å². The highest BCUT2D eigenvalue weighted by molar-refractivity contribution is 9.10. The summed E-state index contributed by atoms with van der Waals surface area (Å²) in [6, 6.07) is 23.6. The van der Waals surface area contributed by atoms with Gasteiger partial charge in [0.05, 0.1) is 11.0 Å². The van der Waals surface area contributed by atoms with Crippen molar-refractivity contribution in [2.24, 2.45) is 0 Å². The Balaban J connectivity index is 1.41. The van der Waals surface area contributed by atoms with E-state index in [0.717, 1.165) is 40.9 Å². The normalized spacial score (nSPS) is 11.0. The smallest absolute Gasteiger partial charge is 0.255 e. The van der Waals surface area contributed by atoms with Crippen molar-refractivity contribution in [1.82, 2.24) is 9.55 Å². The van der Waals surface area contributed by atoms with E-state index in [1.54, 1.807) is 12.1 Å². The zero-order valence-electron chi connectivity index (χ0n) is 16.2. The molecule has 0 aliphatic heterocycles. The first-order valence-electron chi connectivity index (χ1n) is 9.74. The van der Waals surface area contributed by atoms with Crippen LogP contribution in [0.2, 0.25) is 0 Å². The molecule has 0 radical (unpaired) electrons. The zero-order chi connectivity index (χ0) is 20.2. The van der Waals surface area contributed by atoms with Gasteiger partial charge in [-0.3, -0.25) is 4.79 Å². The van der Waals surface area contributed by atoms with Crippen LogP contribution in [0.4, 0.5) is 5.69 Å². The molecular formula is C24H22BrN3O. The first-order valence-corrected chi connectivity index (χ1v) is 10.5. The molecule has 0 aliphatic carbocycles. The zero-order valence-corrected chi connectivity index (χ0v) is 17.8. The topological polar surface area (TPSA) is 46.9 Å². The van der Waals surface area contributed by atoms with Crippen molar-refractivity contribution in [3.63, 3.8) is 0 Å². The van der Waals surface area contributed by atoms with Crippen molar-refractivity contribution in [2.45, 2.75) is 26.3 Å². The van der Waals surface area contributed by atoms with Crippen molar-refractivity contribution < 1.29 is 4.79 Å². The molecule has 1 aromatic heterocycles. The average molecular weight is 448 g/mol. The maximum Gasteiger partial charge on any atom is 0.255 e. The van der Waals surface area contributed by atoms with Crippen LogP contribution in [0.1, 0.15) is 28.7 Å². The first kappa shape index (κ1) is 19.4. The van der Waals surface area contributed by atoms with Crippen LogP contribution in [0.5, 0.6) is 0 Å².